The van der Waals surface area contributed by atoms with E-state index in [0.717, 1.165) is 0 Å². The van der Waals surface area contributed by atoms with Crippen molar-refractivity contribution in [2.24, 2.45) is 0 Å². The van der Waals surface area contributed by atoms with Gasteiger partial charge in [0.15, 0.2) is 5.75 Å². The minimum Gasteiger partial charge on any atom is -0.481 e. The van der Waals surface area contributed by atoms with Crippen molar-refractivity contribution in [3.8, 4) is 5.75 Å². The number of carboxylic acids is 1. The maximum Gasteiger partial charge on any atom is 0.573 e. The van der Waals surface area contributed by atoms with Crippen LogP contribution in [0, 0.1) is 5.95 Å². The van der Waals surface area contributed by atoms with Gasteiger partial charge in [0.25, 0.3) is 0 Å². The number of rotatable bonds is 4. The third kappa shape index (κ3) is 3.73. The number of hydrogen-bond acceptors (Lipinski definition) is 3. The third-order valence-corrected chi connectivity index (χ3v) is 2.16. The molecule has 0 bridgehead atoms. The quantitative estimate of drug-likeness (QED) is 0.525. The second-order valence-electron chi connectivity index (χ2n) is 3.12. The number of alkyl halides is 4. The second-order valence-corrected chi connectivity index (χ2v) is 3.39. The zero-order valence-corrected chi connectivity index (χ0v) is 9.35. The predicted molar refractivity (Wildman–Crippen MR) is 51.8 cm³/mol. The Morgan fingerprint density at radius 1 is 1.44 bits per heavy atom. The molecule has 100 valence electrons. The summed E-state index contributed by atoms with van der Waals surface area (Å²) in [5.74, 6) is -3.96. The Hall–Kier alpha value is -1.57. The first kappa shape index (κ1) is 14.5. The van der Waals surface area contributed by atoms with E-state index < -0.39 is 41.9 Å². The Balaban J connectivity index is 3.24. The number of pyridine rings is 1. The summed E-state index contributed by atoms with van der Waals surface area (Å²) in [6.45, 7) is 0. The van der Waals surface area contributed by atoms with Gasteiger partial charge in [0, 0.05) is 11.1 Å². The first-order chi connectivity index (χ1) is 8.24. The summed E-state index contributed by atoms with van der Waals surface area (Å²) >= 11 is 5.39. The van der Waals surface area contributed by atoms with E-state index in [1.54, 1.807) is 0 Å². The highest BCUT2D eigenvalue weighted by molar-refractivity contribution is 6.17. The van der Waals surface area contributed by atoms with Crippen LogP contribution in [-0.2, 0) is 17.1 Å². The van der Waals surface area contributed by atoms with Crippen molar-refractivity contribution in [1.82, 2.24) is 4.98 Å². The van der Waals surface area contributed by atoms with Crippen molar-refractivity contribution in [2.75, 3.05) is 0 Å². The fourth-order valence-electron chi connectivity index (χ4n) is 1.23. The van der Waals surface area contributed by atoms with Gasteiger partial charge >= 0.3 is 12.3 Å². The standard InChI is InChI=1S/C9H6ClF4NO3/c10-2-5-4(1-7(16)17)8(11)15-3-6(5)18-9(12,13)14/h3H,1-2H2,(H,16,17). The number of aromatic nitrogens is 1. The summed E-state index contributed by atoms with van der Waals surface area (Å²) in [5.41, 5.74) is -0.914. The molecule has 0 spiro atoms. The number of ether oxygens (including phenoxy) is 1. The van der Waals surface area contributed by atoms with Crippen molar-refractivity contribution < 1.29 is 32.2 Å². The lowest BCUT2D eigenvalue weighted by atomic mass is 10.1. The number of carboxylic acid groups (broad SMARTS) is 1. The zero-order chi connectivity index (χ0) is 13.9. The minimum absolute atomic E-state index is 0.385. The summed E-state index contributed by atoms with van der Waals surface area (Å²) in [6.07, 6.45) is -5.33. The Bertz CT molecular complexity index is 464. The Morgan fingerprint density at radius 2 is 2.06 bits per heavy atom. The Labute approximate surface area is 103 Å². The second kappa shape index (κ2) is 5.38. The van der Waals surface area contributed by atoms with E-state index in [-0.39, 0.29) is 5.56 Å². The van der Waals surface area contributed by atoms with E-state index in [9.17, 15) is 22.4 Å². The molecule has 1 N–H and O–H groups in total. The molecule has 0 amide bonds. The summed E-state index contributed by atoms with van der Waals surface area (Å²) < 4.78 is 53.0. The molecule has 1 rings (SSSR count). The van der Waals surface area contributed by atoms with Crippen LogP contribution in [0.2, 0.25) is 0 Å². The van der Waals surface area contributed by atoms with Crippen molar-refractivity contribution in [1.29, 1.82) is 0 Å². The molecule has 0 atom stereocenters. The van der Waals surface area contributed by atoms with Gasteiger partial charge in [-0.15, -0.1) is 24.8 Å². The summed E-state index contributed by atoms with van der Waals surface area (Å²) in [4.78, 5) is 13.5. The molecule has 9 heteroatoms. The normalized spacial score (nSPS) is 11.4. The third-order valence-electron chi connectivity index (χ3n) is 1.89. The first-order valence-electron chi connectivity index (χ1n) is 4.44. The molecule has 0 aliphatic rings. The van der Waals surface area contributed by atoms with Crippen LogP contribution in [-0.4, -0.2) is 22.4 Å². The van der Waals surface area contributed by atoms with Crippen LogP contribution in [0.25, 0.3) is 0 Å². The lowest BCUT2D eigenvalue weighted by Crippen LogP contribution is -2.19. The van der Waals surface area contributed by atoms with E-state index >= 15 is 0 Å². The lowest BCUT2D eigenvalue weighted by Gasteiger charge is -2.14. The molecule has 4 nitrogen and oxygen atoms in total. The molecule has 1 heterocycles. The van der Waals surface area contributed by atoms with Crippen molar-refractivity contribution in [3.05, 3.63) is 23.3 Å². The largest absolute Gasteiger partial charge is 0.573 e. The van der Waals surface area contributed by atoms with Gasteiger partial charge in [-0.05, 0) is 0 Å². The van der Waals surface area contributed by atoms with Gasteiger partial charge in [0.05, 0.1) is 18.5 Å². The molecule has 0 saturated carbocycles. The SMILES string of the molecule is O=C(O)Cc1c(F)ncc(OC(F)(F)F)c1CCl. The van der Waals surface area contributed by atoms with Crippen LogP contribution in [0.15, 0.2) is 6.20 Å². The zero-order valence-electron chi connectivity index (χ0n) is 8.59. The molecule has 1 aromatic rings. The van der Waals surface area contributed by atoms with Gasteiger partial charge < -0.3 is 9.84 Å². The van der Waals surface area contributed by atoms with Crippen LogP contribution in [0.4, 0.5) is 17.6 Å². The average Bonchev–Trinajstić information content (AvgIpc) is 2.20. The molecule has 18 heavy (non-hydrogen) atoms. The van der Waals surface area contributed by atoms with Crippen molar-refractivity contribution >= 4 is 17.6 Å². The topological polar surface area (TPSA) is 59.4 Å². The van der Waals surface area contributed by atoms with E-state index in [2.05, 4.69) is 9.72 Å². The fourth-order valence-corrected chi connectivity index (χ4v) is 1.53. The highest BCUT2D eigenvalue weighted by Gasteiger charge is 2.33. The van der Waals surface area contributed by atoms with Crippen LogP contribution < -0.4 is 4.74 Å². The number of aliphatic carboxylic acids is 1. The van der Waals surface area contributed by atoms with Gasteiger partial charge in [0.1, 0.15) is 0 Å². The van der Waals surface area contributed by atoms with Crippen LogP contribution in [0.3, 0.4) is 0 Å². The minimum atomic E-state index is -5.00. The first-order valence-corrected chi connectivity index (χ1v) is 4.97. The molecule has 1 aromatic heterocycles. The number of halogens is 5. The molecular weight excluding hydrogens is 282 g/mol. The average molecular weight is 288 g/mol. The lowest BCUT2D eigenvalue weighted by molar-refractivity contribution is -0.275. The van der Waals surface area contributed by atoms with E-state index in [1.807, 2.05) is 0 Å². The van der Waals surface area contributed by atoms with Crippen molar-refractivity contribution in [2.45, 2.75) is 18.7 Å². The molecule has 0 aromatic carbocycles. The Kier molecular flexibility index (Phi) is 4.33. The smallest absolute Gasteiger partial charge is 0.481 e. The van der Waals surface area contributed by atoms with Gasteiger partial charge in [-0.1, -0.05) is 0 Å². The molecule has 0 radical (unpaired) electrons. The van der Waals surface area contributed by atoms with E-state index in [0.29, 0.717) is 6.20 Å². The highest BCUT2D eigenvalue weighted by Crippen LogP contribution is 2.30. The molecule has 0 unspecified atom stereocenters. The van der Waals surface area contributed by atoms with E-state index in [4.69, 9.17) is 16.7 Å². The van der Waals surface area contributed by atoms with Gasteiger partial charge in [0.2, 0.25) is 5.95 Å². The van der Waals surface area contributed by atoms with Crippen LogP contribution in [0.5, 0.6) is 5.75 Å². The molecular formula is C9H6ClF4NO3. The Morgan fingerprint density at radius 3 is 2.50 bits per heavy atom. The number of nitrogens with zero attached hydrogens (tertiary/aromatic N) is 1. The van der Waals surface area contributed by atoms with Crippen molar-refractivity contribution in [3.63, 3.8) is 0 Å². The maximum atomic E-state index is 13.2. The van der Waals surface area contributed by atoms with Gasteiger partial charge in [-0.25, -0.2) is 4.98 Å². The van der Waals surface area contributed by atoms with E-state index in [1.165, 1.54) is 0 Å². The summed E-state index contributed by atoms with van der Waals surface area (Å²) in [7, 11) is 0. The van der Waals surface area contributed by atoms with Gasteiger partial charge in [-0.3, -0.25) is 4.79 Å². The van der Waals surface area contributed by atoms with Gasteiger partial charge in [-0.2, -0.15) is 4.39 Å². The fraction of sp³-hybridized carbons (Fsp3) is 0.333. The molecule has 0 fully saturated rings. The number of carbonyl (C=O) groups is 1. The molecule has 0 saturated heterocycles. The molecule has 0 aliphatic carbocycles. The predicted octanol–water partition coefficient (Wildman–Crippen LogP) is 2.49. The maximum absolute atomic E-state index is 13.2. The van der Waals surface area contributed by atoms with Crippen LogP contribution in [0.1, 0.15) is 11.1 Å². The number of hydrogen-bond donors (Lipinski definition) is 1. The summed E-state index contributed by atoms with van der Waals surface area (Å²) in [5, 5.41) is 8.53. The monoisotopic (exact) mass is 287 g/mol. The van der Waals surface area contributed by atoms with Crippen LogP contribution >= 0.6 is 11.6 Å². The highest BCUT2D eigenvalue weighted by atomic mass is 35.5. The molecule has 0 aliphatic heterocycles. The summed E-state index contributed by atoms with van der Waals surface area (Å²) in [6, 6.07) is 0.